The maximum atomic E-state index is 13.2. The van der Waals surface area contributed by atoms with Gasteiger partial charge in [0.15, 0.2) is 0 Å². The molecule has 0 amide bonds. The predicted molar refractivity (Wildman–Crippen MR) is 59.9 cm³/mol. The van der Waals surface area contributed by atoms with E-state index in [1.54, 1.807) is 0 Å². The molecule has 3 N–H and O–H groups in total. The average Bonchev–Trinajstić information content (AvgIpc) is 2.11. The van der Waals surface area contributed by atoms with Crippen molar-refractivity contribution in [2.24, 2.45) is 11.1 Å². The second-order valence-electron chi connectivity index (χ2n) is 5.65. The van der Waals surface area contributed by atoms with E-state index in [-0.39, 0.29) is 10.8 Å². The number of aliphatic carboxylic acids is 1. The molecule has 1 atom stereocenters. The summed E-state index contributed by atoms with van der Waals surface area (Å²) in [5.74, 6) is -2.19. The van der Waals surface area contributed by atoms with E-state index in [0.717, 1.165) is 6.07 Å². The molecule has 0 aliphatic heterocycles. The number of carbonyl (C=O) groups is 1. The van der Waals surface area contributed by atoms with Gasteiger partial charge in [-0.2, -0.15) is 0 Å². The minimum Gasteiger partial charge on any atom is -0.480 e. The van der Waals surface area contributed by atoms with Crippen molar-refractivity contribution in [1.29, 1.82) is 0 Å². The lowest BCUT2D eigenvalue weighted by Crippen LogP contribution is -2.72. The molecule has 1 aromatic carbocycles. The summed E-state index contributed by atoms with van der Waals surface area (Å²) in [6.45, 7) is 0. The molecule has 0 spiro atoms. The second-order valence-corrected chi connectivity index (χ2v) is 5.65. The van der Waals surface area contributed by atoms with Crippen molar-refractivity contribution in [3.8, 4) is 0 Å². The summed E-state index contributed by atoms with van der Waals surface area (Å²) in [6.07, 6.45) is 1.82. The number of hydrogen-bond acceptors (Lipinski definition) is 2. The molecule has 3 aliphatic rings. The molecule has 0 radical (unpaired) electrons. The maximum absolute atomic E-state index is 13.2. The zero-order chi connectivity index (χ0) is 13.1. The number of carboxylic acids is 1. The SMILES string of the molecule is NC(C(=O)O)C12CC(c3cc(F)cc(F)c3)(C1)C2. The van der Waals surface area contributed by atoms with Crippen LogP contribution in [0, 0.1) is 17.0 Å². The molecular formula is C13H13F2NO2. The molecule has 3 nitrogen and oxygen atoms in total. The fraction of sp³-hybridized carbons (Fsp3) is 0.462. The van der Waals surface area contributed by atoms with E-state index in [1.807, 2.05) is 0 Å². The van der Waals surface area contributed by atoms with Crippen LogP contribution in [-0.4, -0.2) is 17.1 Å². The first-order valence-corrected chi connectivity index (χ1v) is 5.82. The van der Waals surface area contributed by atoms with Crippen LogP contribution in [0.5, 0.6) is 0 Å². The zero-order valence-corrected chi connectivity index (χ0v) is 9.62. The van der Waals surface area contributed by atoms with Crippen LogP contribution in [-0.2, 0) is 10.2 Å². The highest BCUT2D eigenvalue weighted by atomic mass is 19.1. The highest BCUT2D eigenvalue weighted by Gasteiger charge is 2.71. The van der Waals surface area contributed by atoms with Crippen LogP contribution in [0.25, 0.3) is 0 Å². The van der Waals surface area contributed by atoms with Gasteiger partial charge in [-0.3, -0.25) is 4.79 Å². The zero-order valence-electron chi connectivity index (χ0n) is 9.62. The third-order valence-corrected chi connectivity index (χ3v) is 4.47. The first-order chi connectivity index (χ1) is 8.37. The highest BCUT2D eigenvalue weighted by Crippen LogP contribution is 2.74. The molecule has 2 bridgehead atoms. The predicted octanol–water partition coefficient (Wildman–Crippen LogP) is 1.80. The molecule has 3 saturated carbocycles. The van der Waals surface area contributed by atoms with Gasteiger partial charge < -0.3 is 10.8 Å². The van der Waals surface area contributed by atoms with E-state index < -0.39 is 23.6 Å². The topological polar surface area (TPSA) is 63.3 Å². The number of halogens is 2. The summed E-state index contributed by atoms with van der Waals surface area (Å²) in [6, 6.07) is 2.63. The van der Waals surface area contributed by atoms with Gasteiger partial charge in [0.1, 0.15) is 17.7 Å². The fourth-order valence-corrected chi connectivity index (χ4v) is 3.62. The first-order valence-electron chi connectivity index (χ1n) is 5.82. The molecule has 3 aliphatic carbocycles. The molecule has 3 fully saturated rings. The molecule has 0 aromatic heterocycles. The van der Waals surface area contributed by atoms with E-state index in [1.165, 1.54) is 12.1 Å². The van der Waals surface area contributed by atoms with Crippen molar-refractivity contribution < 1.29 is 18.7 Å². The summed E-state index contributed by atoms with van der Waals surface area (Å²) in [7, 11) is 0. The number of carboxylic acid groups (broad SMARTS) is 1. The normalized spacial score (nSPS) is 34.4. The largest absolute Gasteiger partial charge is 0.480 e. The van der Waals surface area contributed by atoms with Crippen molar-refractivity contribution in [1.82, 2.24) is 0 Å². The lowest BCUT2D eigenvalue weighted by Gasteiger charge is -2.72. The van der Waals surface area contributed by atoms with Gasteiger partial charge in [0.05, 0.1) is 0 Å². The number of hydrogen-bond donors (Lipinski definition) is 2. The van der Waals surface area contributed by atoms with Crippen molar-refractivity contribution in [2.45, 2.75) is 30.7 Å². The summed E-state index contributed by atoms with van der Waals surface area (Å²) in [5.41, 5.74) is 5.65. The van der Waals surface area contributed by atoms with Crippen LogP contribution < -0.4 is 5.73 Å². The van der Waals surface area contributed by atoms with Crippen molar-refractivity contribution in [3.05, 3.63) is 35.4 Å². The Hall–Kier alpha value is -1.49. The van der Waals surface area contributed by atoms with Gasteiger partial charge in [-0.05, 0) is 47.8 Å². The van der Waals surface area contributed by atoms with Crippen LogP contribution in [0.1, 0.15) is 24.8 Å². The minimum absolute atomic E-state index is 0.254. The first kappa shape index (κ1) is 11.6. The Morgan fingerprint density at radius 1 is 1.22 bits per heavy atom. The van der Waals surface area contributed by atoms with Gasteiger partial charge in [-0.25, -0.2) is 8.78 Å². The summed E-state index contributed by atoms with van der Waals surface area (Å²) >= 11 is 0. The Labute approximate surface area is 103 Å². The number of nitrogens with two attached hydrogens (primary N) is 1. The third-order valence-electron chi connectivity index (χ3n) is 4.47. The molecule has 5 heteroatoms. The van der Waals surface area contributed by atoms with Crippen LogP contribution >= 0.6 is 0 Å². The Morgan fingerprint density at radius 3 is 2.17 bits per heavy atom. The van der Waals surface area contributed by atoms with Crippen LogP contribution in [0.15, 0.2) is 18.2 Å². The Balaban J connectivity index is 1.82. The van der Waals surface area contributed by atoms with Crippen molar-refractivity contribution in [3.63, 3.8) is 0 Å². The summed E-state index contributed by atoms with van der Waals surface area (Å²) < 4.78 is 26.3. The Bertz CT molecular complexity index is 504. The molecule has 96 valence electrons. The number of rotatable bonds is 3. The van der Waals surface area contributed by atoms with Crippen LogP contribution in [0.4, 0.5) is 8.78 Å². The summed E-state index contributed by atoms with van der Waals surface area (Å²) in [4.78, 5) is 10.9. The van der Waals surface area contributed by atoms with Crippen LogP contribution in [0.3, 0.4) is 0 Å². The van der Waals surface area contributed by atoms with Crippen molar-refractivity contribution in [2.75, 3.05) is 0 Å². The minimum atomic E-state index is -1.01. The molecule has 4 rings (SSSR count). The molecule has 1 aromatic rings. The maximum Gasteiger partial charge on any atom is 0.321 e. The summed E-state index contributed by atoms with van der Waals surface area (Å²) in [5, 5.41) is 8.90. The standard InChI is InChI=1S/C13H13F2NO2/c14-8-1-7(2-9(15)3-8)12-4-13(5-12,6-12)10(16)11(17)18/h1-3,10H,4-6,16H2,(H,17,18). The molecule has 1 unspecified atom stereocenters. The van der Waals surface area contributed by atoms with Gasteiger partial charge in [0, 0.05) is 6.07 Å². The Kier molecular flexibility index (Phi) is 2.12. The van der Waals surface area contributed by atoms with Gasteiger partial charge in [-0.1, -0.05) is 0 Å². The average molecular weight is 253 g/mol. The highest BCUT2D eigenvalue weighted by molar-refractivity contribution is 5.75. The smallest absolute Gasteiger partial charge is 0.321 e. The van der Waals surface area contributed by atoms with E-state index in [2.05, 4.69) is 0 Å². The van der Waals surface area contributed by atoms with Crippen molar-refractivity contribution >= 4 is 5.97 Å². The van der Waals surface area contributed by atoms with E-state index in [9.17, 15) is 13.6 Å². The van der Waals surface area contributed by atoms with E-state index >= 15 is 0 Å². The molecule has 0 heterocycles. The molecular weight excluding hydrogens is 240 g/mol. The van der Waals surface area contributed by atoms with E-state index in [4.69, 9.17) is 10.8 Å². The Morgan fingerprint density at radius 2 is 1.72 bits per heavy atom. The molecule has 18 heavy (non-hydrogen) atoms. The van der Waals surface area contributed by atoms with Gasteiger partial charge >= 0.3 is 5.97 Å². The third kappa shape index (κ3) is 1.34. The molecule has 0 saturated heterocycles. The van der Waals surface area contributed by atoms with Crippen LogP contribution in [0.2, 0.25) is 0 Å². The number of benzene rings is 1. The van der Waals surface area contributed by atoms with Gasteiger partial charge in [0.25, 0.3) is 0 Å². The monoisotopic (exact) mass is 253 g/mol. The van der Waals surface area contributed by atoms with Gasteiger partial charge in [-0.15, -0.1) is 0 Å². The second kappa shape index (κ2) is 3.29. The lowest BCUT2D eigenvalue weighted by atomic mass is 9.31. The lowest BCUT2D eigenvalue weighted by molar-refractivity contribution is -0.179. The van der Waals surface area contributed by atoms with E-state index in [0.29, 0.717) is 24.8 Å². The quantitative estimate of drug-likeness (QED) is 0.863. The fourth-order valence-electron chi connectivity index (χ4n) is 3.62. The van der Waals surface area contributed by atoms with Gasteiger partial charge in [0.2, 0.25) is 0 Å².